The average Bonchev–Trinajstić information content (AvgIpc) is 3.41. The van der Waals surface area contributed by atoms with Crippen molar-refractivity contribution in [3.63, 3.8) is 0 Å². The number of aliphatic hydroxyl groups is 2. The van der Waals surface area contributed by atoms with Crippen LogP contribution in [0.15, 0.2) is 36.4 Å². The van der Waals surface area contributed by atoms with Gasteiger partial charge in [0.05, 0.1) is 6.10 Å². The Hall–Kier alpha value is -2.02. The highest BCUT2D eigenvalue weighted by molar-refractivity contribution is 7.13. The summed E-state index contributed by atoms with van der Waals surface area (Å²) in [6.07, 6.45) is 5.62. The number of carbonyl (C=O) groups is 2. The molecule has 1 aromatic carbocycles. The van der Waals surface area contributed by atoms with Crippen molar-refractivity contribution < 1.29 is 24.9 Å². The van der Waals surface area contributed by atoms with E-state index in [1.54, 1.807) is 6.07 Å². The first-order chi connectivity index (χ1) is 14.9. The number of hydrogen-bond donors (Lipinski definition) is 3. The maximum Gasteiger partial charge on any atom is 0.345 e. The summed E-state index contributed by atoms with van der Waals surface area (Å²) >= 11 is 1.37. The molecule has 6 heteroatoms. The van der Waals surface area contributed by atoms with Crippen LogP contribution in [-0.2, 0) is 11.2 Å². The Balaban J connectivity index is 0.000000262. The second-order valence-corrected chi connectivity index (χ2v) is 9.22. The van der Waals surface area contributed by atoms with Crippen LogP contribution in [0.25, 0.3) is 0 Å². The molecule has 1 aliphatic rings. The fourth-order valence-electron chi connectivity index (χ4n) is 3.76. The Morgan fingerprint density at radius 1 is 1.10 bits per heavy atom. The molecule has 31 heavy (non-hydrogen) atoms. The van der Waals surface area contributed by atoms with Crippen molar-refractivity contribution in [2.75, 3.05) is 0 Å². The van der Waals surface area contributed by atoms with E-state index in [-0.39, 0.29) is 5.92 Å². The molecule has 170 valence electrons. The van der Waals surface area contributed by atoms with E-state index in [0.717, 1.165) is 54.5 Å². The van der Waals surface area contributed by atoms with Gasteiger partial charge in [0.1, 0.15) is 16.8 Å². The summed E-state index contributed by atoms with van der Waals surface area (Å²) < 4.78 is 0. The Labute approximate surface area is 188 Å². The lowest BCUT2D eigenvalue weighted by molar-refractivity contribution is -0.118. The smallest absolute Gasteiger partial charge is 0.345 e. The lowest BCUT2D eigenvalue weighted by atomic mass is 9.93. The third-order valence-corrected chi connectivity index (χ3v) is 6.70. The van der Waals surface area contributed by atoms with Crippen molar-refractivity contribution in [1.82, 2.24) is 0 Å². The van der Waals surface area contributed by atoms with Crippen molar-refractivity contribution in [2.24, 2.45) is 0 Å². The second-order valence-electron chi connectivity index (χ2n) is 8.05. The summed E-state index contributed by atoms with van der Waals surface area (Å²) in [5.74, 6) is -0.468. The van der Waals surface area contributed by atoms with Crippen molar-refractivity contribution in [2.45, 2.75) is 83.3 Å². The van der Waals surface area contributed by atoms with E-state index in [1.165, 1.54) is 11.3 Å². The molecule has 3 atom stereocenters. The predicted octanol–water partition coefficient (Wildman–Crippen LogP) is 5.51. The largest absolute Gasteiger partial charge is 0.477 e. The third kappa shape index (κ3) is 7.56. The molecule has 0 spiro atoms. The number of aliphatic hydroxyl groups excluding tert-OH is 2. The van der Waals surface area contributed by atoms with E-state index in [4.69, 9.17) is 5.11 Å². The SMILES string of the molecule is CCCCC(O)C(O)c1ccc(C2CCCC2=O)cc1.CCCc1ccc(C(=O)O)s1. The van der Waals surface area contributed by atoms with Gasteiger partial charge in [-0.2, -0.15) is 0 Å². The number of carboxylic acids is 1. The first-order valence-electron chi connectivity index (χ1n) is 11.2. The van der Waals surface area contributed by atoms with Gasteiger partial charge in [-0.05, 0) is 48.9 Å². The van der Waals surface area contributed by atoms with Crippen LogP contribution in [-0.4, -0.2) is 33.2 Å². The summed E-state index contributed by atoms with van der Waals surface area (Å²) in [5.41, 5.74) is 1.76. The maximum atomic E-state index is 11.7. The molecule has 1 aliphatic carbocycles. The standard InChI is InChI=1S/C17H24O3.C8H10O2S/c1-2-3-6-16(19)17(20)13-10-8-12(9-11-13)14-5-4-7-15(14)18;1-2-3-6-4-5-7(11-6)8(9)10/h8-11,14,16-17,19-20H,2-7H2,1H3;4-5H,2-3H2,1H3,(H,9,10). The normalized spacial score (nSPS) is 17.7. The van der Waals surface area contributed by atoms with Gasteiger partial charge in [0.15, 0.2) is 0 Å². The maximum absolute atomic E-state index is 11.7. The highest BCUT2D eigenvalue weighted by atomic mass is 32.1. The average molecular weight is 447 g/mol. The van der Waals surface area contributed by atoms with Gasteiger partial charge in [-0.25, -0.2) is 4.79 Å². The lowest BCUT2D eigenvalue weighted by Gasteiger charge is -2.18. The van der Waals surface area contributed by atoms with Gasteiger partial charge in [0, 0.05) is 17.2 Å². The van der Waals surface area contributed by atoms with Gasteiger partial charge in [0.2, 0.25) is 0 Å². The van der Waals surface area contributed by atoms with Gasteiger partial charge < -0.3 is 15.3 Å². The van der Waals surface area contributed by atoms with Crippen LogP contribution in [0.5, 0.6) is 0 Å². The van der Waals surface area contributed by atoms with Crippen LogP contribution in [0, 0.1) is 0 Å². The highest BCUT2D eigenvalue weighted by Gasteiger charge is 2.26. The number of hydrogen-bond acceptors (Lipinski definition) is 5. The zero-order valence-electron chi connectivity index (χ0n) is 18.4. The molecule has 0 amide bonds. The molecule has 5 nitrogen and oxygen atoms in total. The van der Waals surface area contributed by atoms with E-state index >= 15 is 0 Å². The molecule has 0 radical (unpaired) electrons. The summed E-state index contributed by atoms with van der Waals surface area (Å²) in [7, 11) is 0. The van der Waals surface area contributed by atoms with Crippen LogP contribution in [0.1, 0.15) is 96.5 Å². The van der Waals surface area contributed by atoms with Crippen molar-refractivity contribution in [3.05, 3.63) is 57.3 Å². The first kappa shape index (κ1) is 25.2. The Morgan fingerprint density at radius 3 is 2.32 bits per heavy atom. The van der Waals surface area contributed by atoms with Gasteiger partial charge in [-0.3, -0.25) is 4.79 Å². The molecule has 1 aromatic heterocycles. The Morgan fingerprint density at radius 2 is 1.81 bits per heavy atom. The van der Waals surface area contributed by atoms with E-state index in [2.05, 4.69) is 13.8 Å². The molecule has 1 heterocycles. The van der Waals surface area contributed by atoms with Gasteiger partial charge in [-0.15, -0.1) is 11.3 Å². The molecule has 1 fully saturated rings. The minimum absolute atomic E-state index is 0.0335. The molecule has 0 saturated heterocycles. The molecule has 1 saturated carbocycles. The summed E-state index contributed by atoms with van der Waals surface area (Å²) in [4.78, 5) is 23.8. The number of aromatic carboxylic acids is 1. The van der Waals surface area contributed by atoms with Crippen molar-refractivity contribution in [1.29, 1.82) is 0 Å². The molecule has 0 aliphatic heterocycles. The second kappa shape index (κ2) is 12.7. The van der Waals surface area contributed by atoms with Crippen LogP contribution < -0.4 is 0 Å². The number of benzene rings is 1. The van der Waals surface area contributed by atoms with Crippen LogP contribution in [0.2, 0.25) is 0 Å². The molecular formula is C25H34O5S. The zero-order chi connectivity index (χ0) is 22.8. The summed E-state index contributed by atoms with van der Waals surface area (Å²) in [5, 5.41) is 28.6. The number of thiophene rings is 1. The number of ketones is 1. The minimum Gasteiger partial charge on any atom is -0.477 e. The van der Waals surface area contributed by atoms with Crippen LogP contribution in [0.4, 0.5) is 0 Å². The Kier molecular flexibility index (Phi) is 10.4. The van der Waals surface area contributed by atoms with Gasteiger partial charge in [0.25, 0.3) is 0 Å². The topological polar surface area (TPSA) is 94.8 Å². The first-order valence-corrected chi connectivity index (χ1v) is 12.0. The van der Waals surface area contributed by atoms with Crippen molar-refractivity contribution >= 4 is 23.1 Å². The quantitative estimate of drug-likeness (QED) is 0.472. The molecule has 3 N–H and O–H groups in total. The third-order valence-electron chi connectivity index (χ3n) is 5.57. The van der Waals surface area contributed by atoms with E-state index in [0.29, 0.717) is 23.5 Å². The number of carboxylic acid groups (broad SMARTS) is 1. The fraction of sp³-hybridized carbons (Fsp3) is 0.520. The number of unbranched alkanes of at least 4 members (excludes halogenated alkanes) is 1. The van der Waals surface area contributed by atoms with Crippen molar-refractivity contribution in [3.8, 4) is 0 Å². The monoisotopic (exact) mass is 446 g/mol. The molecule has 0 bridgehead atoms. The number of Topliss-reactive ketones (excluding diaryl/α,β-unsaturated/α-hetero) is 1. The molecular weight excluding hydrogens is 412 g/mol. The predicted molar refractivity (Wildman–Crippen MR) is 124 cm³/mol. The summed E-state index contributed by atoms with van der Waals surface area (Å²) in [6, 6.07) is 11.1. The number of aryl methyl sites for hydroxylation is 1. The number of rotatable bonds is 9. The van der Waals surface area contributed by atoms with Crippen LogP contribution in [0.3, 0.4) is 0 Å². The zero-order valence-corrected chi connectivity index (χ0v) is 19.2. The van der Waals surface area contributed by atoms with E-state index in [1.807, 2.05) is 30.3 Å². The van der Waals surface area contributed by atoms with E-state index in [9.17, 15) is 19.8 Å². The summed E-state index contributed by atoms with van der Waals surface area (Å²) in [6.45, 7) is 4.15. The van der Waals surface area contributed by atoms with E-state index < -0.39 is 18.2 Å². The molecule has 3 unspecified atom stereocenters. The molecule has 3 rings (SSSR count). The van der Waals surface area contributed by atoms with Crippen LogP contribution >= 0.6 is 11.3 Å². The minimum atomic E-state index is -0.838. The van der Waals surface area contributed by atoms with Gasteiger partial charge in [-0.1, -0.05) is 57.4 Å². The number of carbonyl (C=O) groups excluding carboxylic acids is 1. The fourth-order valence-corrected chi connectivity index (χ4v) is 4.71. The Bertz CT molecular complexity index is 827. The lowest BCUT2D eigenvalue weighted by Crippen LogP contribution is -2.18. The molecule has 2 aromatic rings. The highest BCUT2D eigenvalue weighted by Crippen LogP contribution is 2.32. The van der Waals surface area contributed by atoms with Gasteiger partial charge >= 0.3 is 5.97 Å².